The Hall–Kier alpha value is -0.850. The van der Waals surface area contributed by atoms with E-state index in [9.17, 15) is 4.79 Å². The number of carbonyl (C=O) groups excluding carboxylic acids is 1. The van der Waals surface area contributed by atoms with Crippen LogP contribution >= 0.6 is 15.9 Å². The number of piperidine rings is 1. The molecular weight excluding hydrogens is 346 g/mol. The van der Waals surface area contributed by atoms with Crippen molar-refractivity contribution in [3.05, 3.63) is 22.4 Å². The molecule has 5 nitrogen and oxygen atoms in total. The molecule has 2 rings (SSSR count). The monoisotopic (exact) mass is 371 g/mol. The molecule has 1 aliphatic heterocycles. The number of likely N-dealkylation sites (tertiary alicyclic amines) is 1. The molecule has 124 valence electrons. The quantitative estimate of drug-likeness (QED) is 0.782. The van der Waals surface area contributed by atoms with Crippen LogP contribution in [-0.2, 0) is 4.74 Å². The Morgan fingerprint density at radius 1 is 1.45 bits per heavy atom. The van der Waals surface area contributed by atoms with Crippen molar-refractivity contribution in [3.8, 4) is 0 Å². The molecule has 0 aromatic carbocycles. The number of rotatable bonds is 6. The summed E-state index contributed by atoms with van der Waals surface area (Å²) in [5, 5.41) is 0. The van der Waals surface area contributed by atoms with E-state index in [0.29, 0.717) is 6.54 Å². The van der Waals surface area contributed by atoms with Crippen LogP contribution in [0.5, 0.6) is 0 Å². The second-order valence-corrected chi connectivity index (χ2v) is 6.96. The van der Waals surface area contributed by atoms with E-state index in [1.165, 1.54) is 0 Å². The lowest BCUT2D eigenvalue weighted by atomic mass is 10.1. The number of ether oxygens (including phenoxy) is 1. The molecule has 1 aliphatic rings. The summed E-state index contributed by atoms with van der Waals surface area (Å²) in [6.07, 6.45) is 4.94. The lowest BCUT2D eigenvalue weighted by Crippen LogP contribution is -2.41. The molecule has 0 radical (unpaired) electrons. The summed E-state index contributed by atoms with van der Waals surface area (Å²) in [6, 6.07) is 2.17. The van der Waals surface area contributed by atoms with Crippen LogP contribution in [-0.4, -0.2) is 47.7 Å². The number of aromatic nitrogens is 1. The van der Waals surface area contributed by atoms with Gasteiger partial charge in [0.2, 0.25) is 0 Å². The van der Waals surface area contributed by atoms with Gasteiger partial charge in [-0.25, -0.2) is 0 Å². The number of nitrogens with two attached hydrogens (primary N) is 1. The first-order valence-electron chi connectivity index (χ1n) is 8.01. The number of hydrogen-bond acceptors (Lipinski definition) is 3. The van der Waals surface area contributed by atoms with Gasteiger partial charge in [0, 0.05) is 36.4 Å². The first-order chi connectivity index (χ1) is 10.5. The Bertz CT molecular complexity index is 494. The van der Waals surface area contributed by atoms with Crippen LogP contribution in [0.3, 0.4) is 0 Å². The maximum atomic E-state index is 12.7. The Morgan fingerprint density at radius 3 is 2.73 bits per heavy atom. The van der Waals surface area contributed by atoms with Crippen molar-refractivity contribution in [2.45, 2.75) is 45.3 Å². The van der Waals surface area contributed by atoms with E-state index >= 15 is 0 Å². The van der Waals surface area contributed by atoms with E-state index in [-0.39, 0.29) is 18.1 Å². The van der Waals surface area contributed by atoms with Gasteiger partial charge >= 0.3 is 0 Å². The average Bonchev–Trinajstić information content (AvgIpc) is 2.90. The molecule has 1 aromatic rings. The Labute approximate surface area is 140 Å². The van der Waals surface area contributed by atoms with Crippen LogP contribution in [0.15, 0.2) is 16.7 Å². The van der Waals surface area contributed by atoms with Gasteiger partial charge < -0.3 is 19.9 Å². The molecule has 0 aliphatic carbocycles. The standard InChI is InChI=1S/C16H26BrN3O2/c1-12(2)20-11-13(17)10-15(20)16(21)19-7-4-14(5-8-19)22-9-3-6-18/h10-12,14H,3-9,18H2,1-2H3. The zero-order chi connectivity index (χ0) is 16.1. The number of nitrogens with zero attached hydrogens (tertiary/aromatic N) is 2. The summed E-state index contributed by atoms with van der Waals surface area (Å²) < 4.78 is 8.77. The van der Waals surface area contributed by atoms with E-state index in [2.05, 4.69) is 29.8 Å². The van der Waals surface area contributed by atoms with Gasteiger partial charge in [0.25, 0.3) is 5.91 Å². The van der Waals surface area contributed by atoms with Crippen LogP contribution < -0.4 is 5.73 Å². The molecule has 0 atom stereocenters. The van der Waals surface area contributed by atoms with E-state index in [1.807, 2.05) is 21.7 Å². The van der Waals surface area contributed by atoms with Crippen LogP contribution in [0.1, 0.15) is 49.6 Å². The fourth-order valence-electron chi connectivity index (χ4n) is 2.77. The highest BCUT2D eigenvalue weighted by molar-refractivity contribution is 9.10. The third-order valence-corrected chi connectivity index (χ3v) is 4.46. The van der Waals surface area contributed by atoms with E-state index < -0.39 is 0 Å². The van der Waals surface area contributed by atoms with E-state index in [0.717, 1.165) is 49.1 Å². The van der Waals surface area contributed by atoms with Gasteiger partial charge in [-0.2, -0.15) is 0 Å². The predicted octanol–water partition coefficient (Wildman–Crippen LogP) is 2.80. The summed E-state index contributed by atoms with van der Waals surface area (Å²) >= 11 is 3.47. The molecule has 1 saturated heterocycles. The molecular formula is C16H26BrN3O2. The normalized spacial score (nSPS) is 16.5. The highest BCUT2D eigenvalue weighted by atomic mass is 79.9. The summed E-state index contributed by atoms with van der Waals surface area (Å²) in [6.45, 7) is 7.07. The number of amides is 1. The van der Waals surface area contributed by atoms with E-state index in [1.54, 1.807) is 0 Å². The van der Waals surface area contributed by atoms with Crippen LogP contribution in [0.25, 0.3) is 0 Å². The minimum absolute atomic E-state index is 0.111. The van der Waals surface area contributed by atoms with Gasteiger partial charge in [-0.15, -0.1) is 0 Å². The largest absolute Gasteiger partial charge is 0.378 e. The van der Waals surface area contributed by atoms with Crippen molar-refractivity contribution in [2.75, 3.05) is 26.2 Å². The van der Waals surface area contributed by atoms with Gasteiger partial charge in [-0.3, -0.25) is 4.79 Å². The molecule has 2 N–H and O–H groups in total. The first-order valence-corrected chi connectivity index (χ1v) is 8.80. The fourth-order valence-corrected chi connectivity index (χ4v) is 3.20. The maximum absolute atomic E-state index is 12.7. The Balaban J connectivity index is 1.92. The SMILES string of the molecule is CC(C)n1cc(Br)cc1C(=O)N1CCC(OCCCN)CC1. The van der Waals surface area contributed by atoms with Crippen molar-refractivity contribution in [1.29, 1.82) is 0 Å². The molecule has 22 heavy (non-hydrogen) atoms. The molecule has 6 heteroatoms. The van der Waals surface area contributed by atoms with Gasteiger partial charge in [-0.1, -0.05) is 0 Å². The average molecular weight is 372 g/mol. The third kappa shape index (κ3) is 4.33. The lowest BCUT2D eigenvalue weighted by Gasteiger charge is -2.32. The zero-order valence-electron chi connectivity index (χ0n) is 13.4. The molecule has 1 amide bonds. The van der Waals surface area contributed by atoms with Gasteiger partial charge in [0.05, 0.1) is 6.10 Å². The minimum Gasteiger partial charge on any atom is -0.378 e. The van der Waals surface area contributed by atoms with Crippen molar-refractivity contribution in [1.82, 2.24) is 9.47 Å². The highest BCUT2D eigenvalue weighted by Gasteiger charge is 2.26. The second kappa shape index (κ2) is 8.13. The second-order valence-electron chi connectivity index (χ2n) is 6.05. The maximum Gasteiger partial charge on any atom is 0.270 e. The van der Waals surface area contributed by atoms with Crippen LogP contribution in [0, 0.1) is 0 Å². The number of carbonyl (C=O) groups is 1. The highest BCUT2D eigenvalue weighted by Crippen LogP contribution is 2.23. The molecule has 1 aromatic heterocycles. The van der Waals surface area contributed by atoms with Gasteiger partial charge in [0.15, 0.2) is 0 Å². The van der Waals surface area contributed by atoms with E-state index in [4.69, 9.17) is 10.5 Å². The molecule has 1 fully saturated rings. The molecule has 0 unspecified atom stereocenters. The van der Waals surface area contributed by atoms with Gasteiger partial charge in [0.1, 0.15) is 5.69 Å². The first kappa shape index (κ1) is 17.5. The number of halogens is 1. The van der Waals surface area contributed by atoms with Crippen LogP contribution in [0.2, 0.25) is 0 Å². The summed E-state index contributed by atoms with van der Waals surface area (Å²) in [5.74, 6) is 0.111. The Kier molecular flexibility index (Phi) is 6.47. The smallest absolute Gasteiger partial charge is 0.270 e. The summed E-state index contributed by atoms with van der Waals surface area (Å²) in [4.78, 5) is 14.7. The zero-order valence-corrected chi connectivity index (χ0v) is 15.0. The Morgan fingerprint density at radius 2 is 2.14 bits per heavy atom. The molecule has 0 spiro atoms. The predicted molar refractivity (Wildman–Crippen MR) is 91.1 cm³/mol. The third-order valence-electron chi connectivity index (χ3n) is 4.02. The summed E-state index contributed by atoms with van der Waals surface area (Å²) in [7, 11) is 0. The molecule has 0 saturated carbocycles. The van der Waals surface area contributed by atoms with Crippen molar-refractivity contribution < 1.29 is 9.53 Å². The molecule has 0 bridgehead atoms. The fraction of sp³-hybridized carbons (Fsp3) is 0.688. The van der Waals surface area contributed by atoms with Crippen molar-refractivity contribution in [2.24, 2.45) is 5.73 Å². The van der Waals surface area contributed by atoms with Crippen molar-refractivity contribution >= 4 is 21.8 Å². The summed E-state index contributed by atoms with van der Waals surface area (Å²) in [5.41, 5.74) is 6.23. The topological polar surface area (TPSA) is 60.5 Å². The minimum atomic E-state index is 0.111. The molecule has 2 heterocycles. The van der Waals surface area contributed by atoms with Crippen molar-refractivity contribution in [3.63, 3.8) is 0 Å². The number of hydrogen-bond donors (Lipinski definition) is 1. The van der Waals surface area contributed by atoms with Crippen LogP contribution in [0.4, 0.5) is 0 Å². The lowest BCUT2D eigenvalue weighted by molar-refractivity contribution is 0.00813. The van der Waals surface area contributed by atoms with Gasteiger partial charge in [-0.05, 0) is 61.7 Å².